The van der Waals surface area contributed by atoms with Crippen molar-refractivity contribution in [3.63, 3.8) is 0 Å². The van der Waals surface area contributed by atoms with Gasteiger partial charge in [-0.15, -0.1) is 0 Å². The smallest absolute Gasteiger partial charge is 0.326 e. The van der Waals surface area contributed by atoms with Gasteiger partial charge in [-0.25, -0.2) is 8.42 Å². The molecule has 2 aromatic carbocycles. The van der Waals surface area contributed by atoms with Gasteiger partial charge in [0, 0.05) is 32.4 Å². The molecule has 5 rings (SSSR count). The Labute approximate surface area is 184 Å². The van der Waals surface area contributed by atoms with Crippen molar-refractivity contribution in [1.29, 1.82) is 0 Å². The van der Waals surface area contributed by atoms with Gasteiger partial charge in [0.2, 0.25) is 0 Å². The van der Waals surface area contributed by atoms with Crippen LogP contribution in [0.4, 0.5) is 17.1 Å². The van der Waals surface area contributed by atoms with E-state index in [1.54, 1.807) is 11.4 Å². The maximum atomic E-state index is 13.0. The third-order valence-corrected chi connectivity index (χ3v) is 10.1. The maximum absolute atomic E-state index is 13.0. The Balaban J connectivity index is 1.45. The standard InChI is InChI=1S/C22H27N3O4S2/c1-23-22-15-19(8-9-21(22)25(31(23,28)29)16-17-4-2-5-17)18-6-3-7-20(14-18)24-10-12-30(26,27)13-11-24/h3,6-9,14-15,17H,2,4-5,10-13,16H2,1H3. The van der Waals surface area contributed by atoms with Crippen molar-refractivity contribution in [1.82, 2.24) is 0 Å². The van der Waals surface area contributed by atoms with Gasteiger partial charge in [0.25, 0.3) is 0 Å². The van der Waals surface area contributed by atoms with Crippen molar-refractivity contribution in [3.8, 4) is 11.1 Å². The van der Waals surface area contributed by atoms with Crippen molar-refractivity contribution in [2.24, 2.45) is 5.92 Å². The number of nitrogens with zero attached hydrogens (tertiary/aromatic N) is 3. The van der Waals surface area contributed by atoms with Gasteiger partial charge in [-0.1, -0.05) is 24.6 Å². The molecule has 0 spiro atoms. The quantitative estimate of drug-likeness (QED) is 0.700. The monoisotopic (exact) mass is 461 g/mol. The van der Waals surface area contributed by atoms with Crippen LogP contribution in [0.3, 0.4) is 0 Å². The molecule has 0 N–H and O–H groups in total. The zero-order valence-corrected chi connectivity index (χ0v) is 19.2. The average Bonchev–Trinajstić information content (AvgIpc) is 2.90. The van der Waals surface area contributed by atoms with Crippen molar-refractivity contribution in [2.45, 2.75) is 19.3 Å². The molecule has 1 saturated carbocycles. The van der Waals surface area contributed by atoms with Crippen LogP contribution in [0.25, 0.3) is 11.1 Å². The summed E-state index contributed by atoms with van der Waals surface area (Å²) >= 11 is 0. The van der Waals surface area contributed by atoms with Crippen LogP contribution in [0.15, 0.2) is 42.5 Å². The Kier molecular flexibility index (Phi) is 4.93. The molecule has 166 valence electrons. The molecule has 2 aromatic rings. The first-order chi connectivity index (χ1) is 14.7. The number of sulfone groups is 1. The lowest BCUT2D eigenvalue weighted by atomic mass is 9.85. The van der Waals surface area contributed by atoms with Gasteiger partial charge < -0.3 is 4.90 Å². The fourth-order valence-electron chi connectivity index (χ4n) is 4.52. The molecule has 2 fully saturated rings. The third kappa shape index (κ3) is 3.67. The van der Waals surface area contributed by atoms with Crippen LogP contribution in [0.5, 0.6) is 0 Å². The van der Waals surface area contributed by atoms with Crippen molar-refractivity contribution >= 4 is 37.1 Å². The molecule has 0 amide bonds. The highest BCUT2D eigenvalue weighted by Gasteiger charge is 2.40. The van der Waals surface area contributed by atoms with E-state index in [0.717, 1.165) is 35.3 Å². The van der Waals surface area contributed by atoms with E-state index in [1.807, 2.05) is 36.4 Å². The lowest BCUT2D eigenvalue weighted by Gasteiger charge is -2.30. The highest BCUT2D eigenvalue weighted by Crippen LogP contribution is 2.44. The average molecular weight is 462 g/mol. The molecular weight excluding hydrogens is 434 g/mol. The molecule has 1 aliphatic carbocycles. The summed E-state index contributed by atoms with van der Waals surface area (Å²) < 4.78 is 52.4. The first-order valence-corrected chi connectivity index (χ1v) is 13.9. The normalized spacial score (nSPS) is 22.3. The van der Waals surface area contributed by atoms with Crippen LogP contribution in [0.2, 0.25) is 0 Å². The highest BCUT2D eigenvalue weighted by molar-refractivity contribution is 7.94. The van der Waals surface area contributed by atoms with Crippen LogP contribution in [0.1, 0.15) is 19.3 Å². The molecule has 7 nitrogen and oxygen atoms in total. The highest BCUT2D eigenvalue weighted by atomic mass is 32.2. The van der Waals surface area contributed by atoms with Crippen LogP contribution in [0, 0.1) is 5.92 Å². The molecule has 2 heterocycles. The summed E-state index contributed by atoms with van der Waals surface area (Å²) in [4.78, 5) is 2.09. The molecule has 3 aliphatic rings. The molecule has 9 heteroatoms. The molecule has 0 radical (unpaired) electrons. The topological polar surface area (TPSA) is 78.0 Å². The van der Waals surface area contributed by atoms with Crippen molar-refractivity contribution in [2.75, 3.05) is 51.7 Å². The number of benzene rings is 2. The molecule has 31 heavy (non-hydrogen) atoms. The van der Waals surface area contributed by atoms with E-state index in [-0.39, 0.29) is 11.5 Å². The Hall–Kier alpha value is -2.26. The minimum Gasteiger partial charge on any atom is -0.369 e. The van der Waals surface area contributed by atoms with Crippen LogP contribution in [-0.4, -0.2) is 55.0 Å². The summed E-state index contributed by atoms with van der Waals surface area (Å²) in [6.45, 7) is 1.53. The predicted molar refractivity (Wildman–Crippen MR) is 125 cm³/mol. The Morgan fingerprint density at radius 3 is 2.29 bits per heavy atom. The van der Waals surface area contributed by atoms with Crippen LogP contribution >= 0.6 is 0 Å². The van der Waals surface area contributed by atoms with Gasteiger partial charge >= 0.3 is 10.2 Å². The lowest BCUT2D eigenvalue weighted by Crippen LogP contribution is -2.40. The molecule has 0 bridgehead atoms. The van der Waals surface area contributed by atoms with Crippen LogP contribution in [-0.2, 0) is 20.0 Å². The van der Waals surface area contributed by atoms with E-state index in [4.69, 9.17) is 0 Å². The van der Waals surface area contributed by atoms with Gasteiger partial charge in [-0.3, -0.25) is 8.61 Å². The SMILES string of the molecule is CN1c2cc(-c3cccc(N4CCS(=O)(=O)CC4)c3)ccc2N(CC2CCC2)S1(=O)=O. The van der Waals surface area contributed by atoms with Gasteiger partial charge in [-0.2, -0.15) is 8.42 Å². The molecular formula is C22H27N3O4S2. The summed E-state index contributed by atoms with van der Waals surface area (Å²) in [5, 5.41) is 0. The summed E-state index contributed by atoms with van der Waals surface area (Å²) in [5.74, 6) is 0.796. The number of fused-ring (bicyclic) bond motifs is 1. The summed E-state index contributed by atoms with van der Waals surface area (Å²) in [6.07, 6.45) is 3.36. The van der Waals surface area contributed by atoms with E-state index in [2.05, 4.69) is 11.0 Å². The number of hydrogen-bond donors (Lipinski definition) is 0. The third-order valence-electron chi connectivity index (χ3n) is 6.75. The molecule has 0 unspecified atom stereocenters. The second kappa shape index (κ2) is 7.41. The van der Waals surface area contributed by atoms with Gasteiger partial charge in [-0.05, 0) is 54.2 Å². The second-order valence-electron chi connectivity index (χ2n) is 8.70. The number of hydrogen-bond acceptors (Lipinski definition) is 5. The fraction of sp³-hybridized carbons (Fsp3) is 0.455. The van der Waals surface area contributed by atoms with Gasteiger partial charge in [0.05, 0.1) is 22.9 Å². The lowest BCUT2D eigenvalue weighted by molar-refractivity contribution is 0.326. The Bertz CT molecular complexity index is 1210. The predicted octanol–water partition coefficient (Wildman–Crippen LogP) is 2.89. The zero-order chi connectivity index (χ0) is 21.8. The van der Waals surface area contributed by atoms with E-state index >= 15 is 0 Å². The first kappa shape index (κ1) is 20.6. The molecule has 1 saturated heterocycles. The van der Waals surface area contributed by atoms with Crippen molar-refractivity contribution in [3.05, 3.63) is 42.5 Å². The zero-order valence-electron chi connectivity index (χ0n) is 17.6. The summed E-state index contributed by atoms with van der Waals surface area (Å²) in [7, 11) is -4.85. The van der Waals surface area contributed by atoms with E-state index < -0.39 is 20.0 Å². The second-order valence-corrected chi connectivity index (χ2v) is 12.9. The summed E-state index contributed by atoms with van der Waals surface area (Å²) in [5.41, 5.74) is 4.36. The summed E-state index contributed by atoms with van der Waals surface area (Å²) in [6, 6.07) is 13.8. The van der Waals surface area contributed by atoms with Crippen LogP contribution < -0.4 is 13.5 Å². The molecule has 0 aromatic heterocycles. The Morgan fingerprint density at radius 1 is 0.903 bits per heavy atom. The minimum absolute atomic E-state index is 0.176. The fourth-order valence-corrected chi connectivity index (χ4v) is 7.21. The van der Waals surface area contributed by atoms with Gasteiger partial charge in [0.15, 0.2) is 9.84 Å². The molecule has 0 atom stereocenters. The van der Waals surface area contributed by atoms with E-state index in [0.29, 0.717) is 31.2 Å². The Morgan fingerprint density at radius 2 is 1.61 bits per heavy atom. The largest absolute Gasteiger partial charge is 0.369 e. The van der Waals surface area contributed by atoms with E-state index in [1.165, 1.54) is 10.7 Å². The number of anilines is 3. The molecule has 2 aliphatic heterocycles. The minimum atomic E-state index is -3.53. The van der Waals surface area contributed by atoms with Crippen molar-refractivity contribution < 1.29 is 16.8 Å². The van der Waals surface area contributed by atoms with E-state index in [9.17, 15) is 16.8 Å². The first-order valence-electron chi connectivity index (χ1n) is 10.7. The maximum Gasteiger partial charge on any atom is 0.326 e. The number of rotatable bonds is 4. The van der Waals surface area contributed by atoms with Gasteiger partial charge in [0.1, 0.15) is 0 Å².